The van der Waals surface area contributed by atoms with Gasteiger partial charge in [0.05, 0.1) is 12.6 Å². The molecule has 1 aromatic carbocycles. The average Bonchev–Trinajstić information content (AvgIpc) is 3.11. The molecule has 0 saturated carbocycles. The van der Waals surface area contributed by atoms with Gasteiger partial charge in [0.1, 0.15) is 0 Å². The van der Waals surface area contributed by atoms with Crippen molar-refractivity contribution in [2.45, 2.75) is 18.9 Å². The monoisotopic (exact) mass is 430 g/mol. The summed E-state index contributed by atoms with van der Waals surface area (Å²) >= 11 is 3.38. The maximum Gasteiger partial charge on any atom is 0.239 e. The van der Waals surface area contributed by atoms with Crippen molar-refractivity contribution in [2.24, 2.45) is 0 Å². The lowest BCUT2D eigenvalue weighted by Gasteiger charge is -2.35. The Bertz CT molecular complexity index is 585. The second-order valence-corrected chi connectivity index (χ2v) is 7.22. The van der Waals surface area contributed by atoms with E-state index in [1.807, 2.05) is 29.2 Å². The van der Waals surface area contributed by atoms with Crippen molar-refractivity contribution in [3.63, 3.8) is 0 Å². The molecule has 2 saturated heterocycles. The van der Waals surface area contributed by atoms with E-state index in [4.69, 9.17) is 0 Å². The van der Waals surface area contributed by atoms with Crippen molar-refractivity contribution >= 4 is 45.8 Å². The van der Waals surface area contributed by atoms with E-state index >= 15 is 0 Å². The summed E-state index contributed by atoms with van der Waals surface area (Å²) in [5.74, 6) is 0.195. The quantitative estimate of drug-likeness (QED) is 0.762. The van der Waals surface area contributed by atoms with E-state index in [-0.39, 0.29) is 30.3 Å². The number of carbonyl (C=O) groups excluding carboxylic acids is 2. The molecule has 1 unspecified atom stereocenters. The van der Waals surface area contributed by atoms with Crippen LogP contribution in [0.15, 0.2) is 28.7 Å². The Kier molecular flexibility index (Phi) is 7.68. The van der Waals surface area contributed by atoms with Crippen LogP contribution in [0.3, 0.4) is 0 Å². The van der Waals surface area contributed by atoms with Crippen LogP contribution in [0.25, 0.3) is 0 Å². The molecule has 6 nitrogen and oxygen atoms in total. The van der Waals surface area contributed by atoms with Gasteiger partial charge in [-0.1, -0.05) is 15.9 Å². The van der Waals surface area contributed by atoms with Crippen LogP contribution in [-0.4, -0.2) is 66.9 Å². The van der Waals surface area contributed by atoms with E-state index in [1.54, 1.807) is 0 Å². The number of benzene rings is 1. The molecule has 0 aromatic heterocycles. The number of anilines is 1. The summed E-state index contributed by atoms with van der Waals surface area (Å²) in [5, 5.41) is 6.16. The number of carbonyl (C=O) groups is 2. The van der Waals surface area contributed by atoms with Gasteiger partial charge >= 0.3 is 0 Å². The van der Waals surface area contributed by atoms with Gasteiger partial charge in [-0.3, -0.25) is 14.5 Å². The molecule has 8 heteroatoms. The molecule has 0 bridgehead atoms. The fraction of sp³-hybridized carbons (Fsp3) is 0.529. The molecule has 2 amide bonds. The van der Waals surface area contributed by atoms with Crippen molar-refractivity contribution < 1.29 is 9.59 Å². The average molecular weight is 432 g/mol. The van der Waals surface area contributed by atoms with Crippen LogP contribution in [0.1, 0.15) is 12.8 Å². The minimum atomic E-state index is -0.0189. The molecule has 2 heterocycles. The number of hydrogen-bond acceptors (Lipinski definition) is 4. The maximum atomic E-state index is 12.4. The third-order valence-electron chi connectivity index (χ3n) is 4.54. The molecule has 25 heavy (non-hydrogen) atoms. The first-order valence-electron chi connectivity index (χ1n) is 8.42. The van der Waals surface area contributed by atoms with Crippen LogP contribution in [0.2, 0.25) is 0 Å². The van der Waals surface area contributed by atoms with Crippen LogP contribution < -0.4 is 10.6 Å². The zero-order valence-electron chi connectivity index (χ0n) is 14.0. The van der Waals surface area contributed by atoms with E-state index < -0.39 is 0 Å². The summed E-state index contributed by atoms with van der Waals surface area (Å²) in [6, 6.07) is 7.53. The molecule has 2 aliphatic heterocycles. The Hall–Kier alpha value is -1.15. The Balaban J connectivity index is 0.00000225. The summed E-state index contributed by atoms with van der Waals surface area (Å²) in [7, 11) is 0. The lowest BCUT2D eigenvalue weighted by atomic mass is 10.2. The van der Waals surface area contributed by atoms with Gasteiger partial charge in [0, 0.05) is 36.3 Å². The molecule has 0 radical (unpaired) electrons. The lowest BCUT2D eigenvalue weighted by molar-refractivity contribution is -0.135. The SMILES string of the molecule is Cl.O=C(CN1CCN(C(=O)C2CCCN2)CC1)Nc1ccc(Br)cc1. The first kappa shape index (κ1) is 20.2. The molecule has 2 aliphatic rings. The van der Waals surface area contributed by atoms with Crippen molar-refractivity contribution in [2.75, 3.05) is 44.6 Å². The lowest BCUT2D eigenvalue weighted by Crippen LogP contribution is -2.54. The van der Waals surface area contributed by atoms with Gasteiger partial charge in [-0.15, -0.1) is 12.4 Å². The molecule has 0 spiro atoms. The highest BCUT2D eigenvalue weighted by Crippen LogP contribution is 2.14. The number of piperazine rings is 1. The Morgan fingerprint density at radius 1 is 1.16 bits per heavy atom. The minimum absolute atomic E-state index is 0. The predicted octanol–water partition coefficient (Wildman–Crippen LogP) is 1.71. The third-order valence-corrected chi connectivity index (χ3v) is 5.07. The van der Waals surface area contributed by atoms with Crippen LogP contribution >= 0.6 is 28.3 Å². The number of rotatable bonds is 4. The Labute approximate surface area is 162 Å². The van der Waals surface area contributed by atoms with E-state index in [1.165, 1.54) is 0 Å². The van der Waals surface area contributed by atoms with Gasteiger partial charge < -0.3 is 15.5 Å². The second kappa shape index (κ2) is 9.52. The number of hydrogen-bond donors (Lipinski definition) is 2. The second-order valence-electron chi connectivity index (χ2n) is 6.31. The Morgan fingerprint density at radius 3 is 2.44 bits per heavy atom. The summed E-state index contributed by atoms with van der Waals surface area (Å²) in [4.78, 5) is 28.5. The van der Waals surface area contributed by atoms with Crippen molar-refractivity contribution in [3.8, 4) is 0 Å². The minimum Gasteiger partial charge on any atom is -0.339 e. The van der Waals surface area contributed by atoms with E-state index in [2.05, 4.69) is 31.5 Å². The van der Waals surface area contributed by atoms with Crippen LogP contribution in [0.4, 0.5) is 5.69 Å². The third kappa shape index (κ3) is 5.67. The highest BCUT2D eigenvalue weighted by atomic mass is 79.9. The number of nitrogens with one attached hydrogen (secondary N) is 2. The molecule has 1 aromatic rings. The summed E-state index contributed by atoms with van der Waals surface area (Å²) in [6.07, 6.45) is 2.02. The van der Waals surface area contributed by atoms with Gasteiger partial charge in [-0.25, -0.2) is 0 Å². The number of nitrogens with zero attached hydrogens (tertiary/aromatic N) is 2. The molecular formula is C17H24BrClN4O2. The first-order valence-corrected chi connectivity index (χ1v) is 9.21. The molecule has 3 rings (SSSR count). The fourth-order valence-electron chi connectivity index (χ4n) is 3.18. The van der Waals surface area contributed by atoms with E-state index in [0.717, 1.165) is 42.6 Å². The van der Waals surface area contributed by atoms with Crippen LogP contribution in [-0.2, 0) is 9.59 Å². The van der Waals surface area contributed by atoms with E-state index in [0.29, 0.717) is 19.6 Å². The fourth-order valence-corrected chi connectivity index (χ4v) is 3.44. The van der Waals surface area contributed by atoms with Gasteiger partial charge in [-0.05, 0) is 43.7 Å². The summed E-state index contributed by atoms with van der Waals surface area (Å²) < 4.78 is 0.984. The maximum absolute atomic E-state index is 12.4. The van der Waals surface area contributed by atoms with Gasteiger partial charge in [-0.2, -0.15) is 0 Å². The first-order chi connectivity index (χ1) is 11.6. The summed E-state index contributed by atoms with van der Waals surface area (Å²) in [5.41, 5.74) is 0.796. The van der Waals surface area contributed by atoms with Gasteiger partial charge in [0.15, 0.2) is 0 Å². The molecule has 0 aliphatic carbocycles. The number of halogens is 2. The van der Waals surface area contributed by atoms with E-state index in [9.17, 15) is 9.59 Å². The smallest absolute Gasteiger partial charge is 0.239 e. The van der Waals surface area contributed by atoms with Crippen LogP contribution in [0.5, 0.6) is 0 Å². The highest BCUT2D eigenvalue weighted by Gasteiger charge is 2.29. The molecule has 2 N–H and O–H groups in total. The molecule has 2 fully saturated rings. The van der Waals surface area contributed by atoms with Crippen LogP contribution in [0, 0.1) is 0 Å². The highest BCUT2D eigenvalue weighted by molar-refractivity contribution is 9.10. The van der Waals surface area contributed by atoms with Crippen molar-refractivity contribution in [1.29, 1.82) is 0 Å². The normalized spacial score (nSPS) is 20.8. The van der Waals surface area contributed by atoms with Gasteiger partial charge in [0.2, 0.25) is 11.8 Å². The zero-order valence-corrected chi connectivity index (χ0v) is 16.4. The van der Waals surface area contributed by atoms with Crippen molar-refractivity contribution in [1.82, 2.24) is 15.1 Å². The predicted molar refractivity (Wildman–Crippen MR) is 104 cm³/mol. The molecule has 138 valence electrons. The molecular weight excluding hydrogens is 408 g/mol. The van der Waals surface area contributed by atoms with Crippen molar-refractivity contribution in [3.05, 3.63) is 28.7 Å². The summed E-state index contributed by atoms with van der Waals surface area (Å²) in [6.45, 7) is 4.18. The Morgan fingerprint density at radius 2 is 1.84 bits per heavy atom. The van der Waals surface area contributed by atoms with Gasteiger partial charge in [0.25, 0.3) is 0 Å². The largest absolute Gasteiger partial charge is 0.339 e. The molecule has 1 atom stereocenters. The topological polar surface area (TPSA) is 64.7 Å². The number of amides is 2. The zero-order chi connectivity index (χ0) is 16.9. The standard InChI is InChI=1S/C17H23BrN4O2.ClH/c18-13-3-5-14(6-4-13)20-16(23)12-21-8-10-22(11-9-21)17(24)15-2-1-7-19-15;/h3-6,15,19H,1-2,7-12H2,(H,20,23);1H.